The lowest BCUT2D eigenvalue weighted by Gasteiger charge is -2.10. The number of hydrogen-bond acceptors (Lipinski definition) is 5. The fourth-order valence-electron chi connectivity index (χ4n) is 2.39. The Morgan fingerprint density at radius 2 is 1.68 bits per heavy atom. The summed E-state index contributed by atoms with van der Waals surface area (Å²) in [7, 11) is 0. The second kappa shape index (κ2) is 10.7. The first-order valence-electron chi connectivity index (χ1n) is 9.22. The highest BCUT2D eigenvalue weighted by atomic mass is 16.5. The van der Waals surface area contributed by atoms with E-state index in [2.05, 4.69) is 16.0 Å². The van der Waals surface area contributed by atoms with Gasteiger partial charge in [0.05, 0.1) is 18.7 Å². The summed E-state index contributed by atoms with van der Waals surface area (Å²) in [4.78, 5) is 35.8. The van der Waals surface area contributed by atoms with Crippen LogP contribution in [-0.2, 0) is 9.53 Å². The van der Waals surface area contributed by atoms with E-state index in [9.17, 15) is 14.4 Å². The van der Waals surface area contributed by atoms with E-state index in [0.29, 0.717) is 35.7 Å². The van der Waals surface area contributed by atoms with Gasteiger partial charge in [-0.1, -0.05) is 13.0 Å². The average Bonchev–Trinajstić information content (AvgIpc) is 2.71. The van der Waals surface area contributed by atoms with Gasteiger partial charge in [-0.25, -0.2) is 4.79 Å². The Labute approximate surface area is 164 Å². The molecule has 0 heterocycles. The molecule has 0 saturated carbocycles. The molecule has 0 aliphatic rings. The van der Waals surface area contributed by atoms with Gasteiger partial charge in [0.1, 0.15) is 0 Å². The van der Waals surface area contributed by atoms with Crippen LogP contribution >= 0.6 is 0 Å². The van der Waals surface area contributed by atoms with Crippen molar-refractivity contribution in [3.63, 3.8) is 0 Å². The molecule has 0 aliphatic carbocycles. The van der Waals surface area contributed by atoms with Gasteiger partial charge in [0.15, 0.2) is 0 Å². The lowest BCUT2D eigenvalue weighted by atomic mass is 10.2. The Morgan fingerprint density at radius 3 is 2.36 bits per heavy atom. The molecule has 7 heteroatoms. The normalized spacial score (nSPS) is 10.1. The summed E-state index contributed by atoms with van der Waals surface area (Å²) in [6.07, 6.45) is 0.771. The monoisotopic (exact) mass is 383 g/mol. The fraction of sp³-hybridized carbons (Fsp3) is 0.286. The number of benzene rings is 2. The smallest absolute Gasteiger partial charge is 0.338 e. The summed E-state index contributed by atoms with van der Waals surface area (Å²) >= 11 is 0. The molecule has 0 fully saturated rings. The Kier molecular flexibility index (Phi) is 8.02. The van der Waals surface area contributed by atoms with E-state index in [1.54, 1.807) is 48.5 Å². The van der Waals surface area contributed by atoms with Gasteiger partial charge in [0.2, 0.25) is 5.91 Å². The van der Waals surface area contributed by atoms with E-state index in [1.807, 2.05) is 13.8 Å². The number of nitrogens with one attached hydrogen (secondary N) is 3. The van der Waals surface area contributed by atoms with Gasteiger partial charge in [0.25, 0.3) is 5.91 Å². The number of amides is 2. The molecule has 2 aromatic carbocycles. The highest BCUT2D eigenvalue weighted by Crippen LogP contribution is 2.12. The van der Waals surface area contributed by atoms with Crippen molar-refractivity contribution in [1.29, 1.82) is 0 Å². The van der Waals surface area contributed by atoms with Crippen LogP contribution in [0.25, 0.3) is 0 Å². The van der Waals surface area contributed by atoms with E-state index in [4.69, 9.17) is 4.74 Å². The number of carbonyl (C=O) groups excluding carboxylic acids is 3. The van der Waals surface area contributed by atoms with Gasteiger partial charge in [0, 0.05) is 23.5 Å². The van der Waals surface area contributed by atoms with Crippen molar-refractivity contribution in [1.82, 2.24) is 5.32 Å². The molecule has 0 atom stereocenters. The molecule has 0 spiro atoms. The molecule has 2 rings (SSSR count). The number of ether oxygens (including phenoxy) is 1. The molecule has 148 valence electrons. The van der Waals surface area contributed by atoms with Crippen molar-refractivity contribution in [2.75, 3.05) is 30.3 Å². The van der Waals surface area contributed by atoms with Gasteiger partial charge >= 0.3 is 5.97 Å². The van der Waals surface area contributed by atoms with Crippen LogP contribution in [0.3, 0.4) is 0 Å². The molecule has 0 radical (unpaired) electrons. The lowest BCUT2D eigenvalue weighted by molar-refractivity contribution is -0.114. The predicted octanol–water partition coefficient (Wildman–Crippen LogP) is 3.05. The largest absolute Gasteiger partial charge is 0.462 e. The lowest BCUT2D eigenvalue weighted by Crippen LogP contribution is -2.24. The number of esters is 1. The minimum atomic E-state index is -0.363. The molecule has 0 aliphatic heterocycles. The highest BCUT2D eigenvalue weighted by Gasteiger charge is 2.08. The molecule has 7 nitrogen and oxygen atoms in total. The standard InChI is InChI=1S/C21H25N3O4/c1-3-12-28-21(27)15-8-10-17(11-9-15)23-14-19(25)24-18-7-5-6-16(13-18)20(26)22-4-2/h5-11,13,23H,3-4,12,14H2,1-2H3,(H,22,26)(H,24,25). The summed E-state index contributed by atoms with van der Waals surface area (Å²) in [5, 5.41) is 8.45. The summed E-state index contributed by atoms with van der Waals surface area (Å²) in [6.45, 7) is 4.75. The van der Waals surface area contributed by atoms with Crippen LogP contribution in [-0.4, -0.2) is 37.5 Å². The maximum Gasteiger partial charge on any atom is 0.338 e. The Morgan fingerprint density at radius 1 is 0.929 bits per heavy atom. The molecule has 28 heavy (non-hydrogen) atoms. The first kappa shape index (κ1) is 21.0. The van der Waals surface area contributed by atoms with Crippen LogP contribution in [0.5, 0.6) is 0 Å². The van der Waals surface area contributed by atoms with Crippen LogP contribution in [0.1, 0.15) is 41.0 Å². The maximum atomic E-state index is 12.1. The van der Waals surface area contributed by atoms with E-state index < -0.39 is 0 Å². The first-order valence-corrected chi connectivity index (χ1v) is 9.22. The Bertz CT molecular complexity index is 819. The van der Waals surface area contributed by atoms with Crippen molar-refractivity contribution >= 4 is 29.2 Å². The Hall–Kier alpha value is -3.35. The molecular formula is C21H25N3O4. The molecule has 0 saturated heterocycles. The summed E-state index contributed by atoms with van der Waals surface area (Å²) < 4.78 is 5.07. The Balaban J connectivity index is 1.86. The van der Waals surface area contributed by atoms with Crippen LogP contribution in [0.15, 0.2) is 48.5 Å². The second-order valence-corrected chi connectivity index (χ2v) is 6.06. The van der Waals surface area contributed by atoms with E-state index in [0.717, 1.165) is 6.42 Å². The third-order valence-corrected chi connectivity index (χ3v) is 3.76. The average molecular weight is 383 g/mol. The minimum absolute atomic E-state index is 0.0466. The quantitative estimate of drug-likeness (QED) is 0.578. The summed E-state index contributed by atoms with van der Waals surface area (Å²) in [6, 6.07) is 13.5. The van der Waals surface area contributed by atoms with Gasteiger partial charge in [-0.15, -0.1) is 0 Å². The van der Waals surface area contributed by atoms with Crippen LogP contribution < -0.4 is 16.0 Å². The van der Waals surface area contributed by atoms with E-state index >= 15 is 0 Å². The van der Waals surface area contributed by atoms with E-state index in [-0.39, 0.29) is 24.3 Å². The van der Waals surface area contributed by atoms with Crippen LogP contribution in [0.2, 0.25) is 0 Å². The zero-order valence-corrected chi connectivity index (χ0v) is 16.1. The summed E-state index contributed by atoms with van der Waals surface area (Å²) in [5.41, 5.74) is 2.20. The third kappa shape index (κ3) is 6.42. The third-order valence-electron chi connectivity index (χ3n) is 3.76. The van der Waals surface area contributed by atoms with E-state index in [1.165, 1.54) is 0 Å². The van der Waals surface area contributed by atoms with Gasteiger partial charge in [-0.05, 0) is 55.8 Å². The molecule has 0 aromatic heterocycles. The molecule has 2 aromatic rings. The maximum absolute atomic E-state index is 12.1. The van der Waals surface area contributed by atoms with Crippen molar-refractivity contribution in [3.05, 3.63) is 59.7 Å². The van der Waals surface area contributed by atoms with Gasteiger partial charge < -0.3 is 20.7 Å². The SMILES string of the molecule is CCCOC(=O)c1ccc(NCC(=O)Nc2cccc(C(=O)NCC)c2)cc1. The number of anilines is 2. The number of carbonyl (C=O) groups is 3. The minimum Gasteiger partial charge on any atom is -0.462 e. The van der Waals surface area contributed by atoms with Crippen LogP contribution in [0.4, 0.5) is 11.4 Å². The molecule has 3 N–H and O–H groups in total. The zero-order valence-electron chi connectivity index (χ0n) is 16.1. The topological polar surface area (TPSA) is 96.5 Å². The number of hydrogen-bond donors (Lipinski definition) is 3. The first-order chi connectivity index (χ1) is 13.5. The fourth-order valence-corrected chi connectivity index (χ4v) is 2.39. The molecule has 2 amide bonds. The predicted molar refractivity (Wildman–Crippen MR) is 109 cm³/mol. The van der Waals surface area contributed by atoms with Crippen molar-refractivity contribution < 1.29 is 19.1 Å². The van der Waals surface area contributed by atoms with Crippen molar-refractivity contribution in [2.24, 2.45) is 0 Å². The van der Waals surface area contributed by atoms with Crippen LogP contribution in [0, 0.1) is 0 Å². The van der Waals surface area contributed by atoms with Gasteiger partial charge in [-0.2, -0.15) is 0 Å². The zero-order chi connectivity index (χ0) is 20.4. The number of rotatable bonds is 9. The van der Waals surface area contributed by atoms with Crippen molar-refractivity contribution in [2.45, 2.75) is 20.3 Å². The molecule has 0 unspecified atom stereocenters. The molecule has 0 bridgehead atoms. The summed E-state index contributed by atoms with van der Waals surface area (Å²) in [5.74, 6) is -0.799. The second-order valence-electron chi connectivity index (χ2n) is 6.06. The van der Waals surface area contributed by atoms with Gasteiger partial charge in [-0.3, -0.25) is 9.59 Å². The molecular weight excluding hydrogens is 358 g/mol. The van der Waals surface area contributed by atoms with Crippen molar-refractivity contribution in [3.8, 4) is 0 Å². The highest BCUT2D eigenvalue weighted by molar-refractivity contribution is 5.98.